The normalized spacial score (nSPS) is 17.0. The van der Waals surface area contributed by atoms with E-state index in [2.05, 4.69) is 33.0 Å². The average Bonchev–Trinajstić information content (AvgIpc) is 2.60. The van der Waals surface area contributed by atoms with Crippen LogP contribution in [0.5, 0.6) is 5.75 Å². The number of aromatic hydroxyl groups is 1. The minimum Gasteiger partial charge on any atom is -0.506 e. The highest BCUT2D eigenvalue weighted by atomic mass is 16.4. The maximum atomic E-state index is 12.5. The van der Waals surface area contributed by atoms with Crippen molar-refractivity contribution in [3.05, 3.63) is 58.7 Å². The first-order valence-corrected chi connectivity index (χ1v) is 9.04. The number of aromatic carboxylic acids is 1. The fourth-order valence-corrected chi connectivity index (χ4v) is 3.66. The van der Waals surface area contributed by atoms with Crippen LogP contribution in [0.4, 0.5) is 5.69 Å². The Morgan fingerprint density at radius 1 is 0.889 bits per heavy atom. The predicted octanol–water partition coefficient (Wildman–Crippen LogP) is 4.69. The zero-order chi connectivity index (χ0) is 20.0. The zero-order valence-electron chi connectivity index (χ0n) is 16.1. The molecule has 0 radical (unpaired) electrons. The van der Waals surface area contributed by atoms with Crippen LogP contribution in [-0.4, -0.2) is 22.1 Å². The first kappa shape index (κ1) is 19.0. The highest BCUT2D eigenvalue weighted by molar-refractivity contribution is 6.05. The number of hydrogen-bond acceptors (Lipinski definition) is 3. The molecule has 5 heteroatoms. The fourth-order valence-electron chi connectivity index (χ4n) is 3.66. The summed E-state index contributed by atoms with van der Waals surface area (Å²) >= 11 is 0. The molecule has 0 bridgehead atoms. The summed E-state index contributed by atoms with van der Waals surface area (Å²) in [6.45, 7) is 8.69. The molecule has 1 aliphatic carbocycles. The van der Waals surface area contributed by atoms with E-state index in [0.29, 0.717) is 11.3 Å². The smallest absolute Gasteiger partial charge is 0.335 e. The molecule has 0 atom stereocenters. The number of amides is 1. The van der Waals surface area contributed by atoms with Gasteiger partial charge in [-0.2, -0.15) is 0 Å². The van der Waals surface area contributed by atoms with Crippen LogP contribution in [0.25, 0.3) is 0 Å². The Kier molecular flexibility index (Phi) is 4.50. The first-order chi connectivity index (χ1) is 12.5. The van der Waals surface area contributed by atoms with E-state index in [9.17, 15) is 14.7 Å². The van der Waals surface area contributed by atoms with Gasteiger partial charge in [-0.1, -0.05) is 27.7 Å². The number of carboxylic acid groups (broad SMARTS) is 1. The summed E-state index contributed by atoms with van der Waals surface area (Å²) in [5.74, 6) is -1.40. The van der Waals surface area contributed by atoms with Crippen LogP contribution in [0.1, 0.15) is 72.4 Å². The van der Waals surface area contributed by atoms with E-state index < -0.39 is 11.9 Å². The second-order valence-corrected chi connectivity index (χ2v) is 8.52. The lowest BCUT2D eigenvalue weighted by molar-refractivity contribution is 0.0696. The number of phenols is 1. The van der Waals surface area contributed by atoms with Gasteiger partial charge < -0.3 is 15.5 Å². The lowest BCUT2D eigenvalue weighted by Crippen LogP contribution is -2.34. The molecule has 0 spiro atoms. The van der Waals surface area contributed by atoms with E-state index in [1.165, 1.54) is 24.3 Å². The molecule has 0 fully saturated rings. The number of benzene rings is 2. The molecule has 0 heterocycles. The largest absolute Gasteiger partial charge is 0.506 e. The third kappa shape index (κ3) is 3.54. The Bertz CT molecular complexity index is 911. The van der Waals surface area contributed by atoms with Crippen molar-refractivity contribution in [2.24, 2.45) is 0 Å². The van der Waals surface area contributed by atoms with Gasteiger partial charge in [-0.05, 0) is 71.2 Å². The van der Waals surface area contributed by atoms with Gasteiger partial charge in [0.2, 0.25) is 0 Å². The number of phenolic OH excluding ortho intramolecular Hbond substituents is 1. The van der Waals surface area contributed by atoms with E-state index in [0.717, 1.165) is 24.0 Å². The molecule has 2 aromatic rings. The van der Waals surface area contributed by atoms with Gasteiger partial charge in [0.25, 0.3) is 5.91 Å². The van der Waals surface area contributed by atoms with Crippen molar-refractivity contribution in [1.29, 1.82) is 0 Å². The summed E-state index contributed by atoms with van der Waals surface area (Å²) in [6.07, 6.45) is 2.07. The van der Waals surface area contributed by atoms with Crippen LogP contribution in [0.15, 0.2) is 36.4 Å². The summed E-state index contributed by atoms with van der Waals surface area (Å²) in [6, 6.07) is 9.32. The molecule has 0 aromatic heterocycles. The fraction of sp³-hybridized carbons (Fsp3) is 0.364. The molecule has 0 aliphatic heterocycles. The molecule has 0 unspecified atom stereocenters. The SMILES string of the molecule is CC1(C)CCC(C)(C)c2cc(NC(=O)c3ccc(C(=O)O)cc3)c(O)cc21. The number of carboxylic acids is 1. The van der Waals surface area contributed by atoms with Crippen molar-refractivity contribution in [3.63, 3.8) is 0 Å². The molecular formula is C22H25NO4. The van der Waals surface area contributed by atoms with E-state index in [-0.39, 0.29) is 22.1 Å². The standard InChI is InChI=1S/C22H25NO4/c1-21(2)9-10-22(3,4)16-12-18(24)17(11-15(16)21)23-19(25)13-5-7-14(8-6-13)20(26)27/h5-8,11-12,24H,9-10H2,1-4H3,(H,23,25)(H,26,27). The maximum absolute atomic E-state index is 12.5. The summed E-state index contributed by atoms with van der Waals surface area (Å²) in [5.41, 5.74) is 2.99. The highest BCUT2D eigenvalue weighted by Gasteiger charge is 2.37. The van der Waals surface area contributed by atoms with E-state index >= 15 is 0 Å². The summed E-state index contributed by atoms with van der Waals surface area (Å²) in [7, 11) is 0. The first-order valence-electron chi connectivity index (χ1n) is 9.04. The summed E-state index contributed by atoms with van der Waals surface area (Å²) < 4.78 is 0. The van der Waals surface area contributed by atoms with E-state index in [1.54, 1.807) is 6.07 Å². The Morgan fingerprint density at radius 3 is 1.89 bits per heavy atom. The Labute approximate surface area is 159 Å². The van der Waals surface area contributed by atoms with Gasteiger partial charge in [-0.15, -0.1) is 0 Å². The third-order valence-corrected chi connectivity index (χ3v) is 5.61. The van der Waals surface area contributed by atoms with Crippen LogP contribution >= 0.6 is 0 Å². The quantitative estimate of drug-likeness (QED) is 0.687. The monoisotopic (exact) mass is 367 g/mol. The van der Waals surface area contributed by atoms with E-state index in [1.807, 2.05) is 6.07 Å². The third-order valence-electron chi connectivity index (χ3n) is 5.61. The Hall–Kier alpha value is -2.82. The van der Waals surface area contributed by atoms with Gasteiger partial charge in [-0.25, -0.2) is 4.79 Å². The molecule has 0 saturated carbocycles. The topological polar surface area (TPSA) is 86.6 Å². The minimum atomic E-state index is -1.04. The van der Waals surface area contributed by atoms with Crippen LogP contribution < -0.4 is 5.32 Å². The van der Waals surface area contributed by atoms with Crippen LogP contribution in [0, 0.1) is 0 Å². The summed E-state index contributed by atoms with van der Waals surface area (Å²) in [4.78, 5) is 23.5. The van der Waals surface area contributed by atoms with E-state index in [4.69, 9.17) is 5.11 Å². The molecule has 142 valence electrons. The molecule has 1 amide bonds. The second kappa shape index (κ2) is 6.41. The van der Waals surface area contributed by atoms with Gasteiger partial charge in [0.05, 0.1) is 11.3 Å². The Morgan fingerprint density at radius 2 is 1.37 bits per heavy atom. The summed E-state index contributed by atoms with van der Waals surface area (Å²) in [5, 5.41) is 22.2. The van der Waals surface area contributed by atoms with Gasteiger partial charge in [0.1, 0.15) is 5.75 Å². The number of rotatable bonds is 3. The van der Waals surface area contributed by atoms with Gasteiger partial charge in [0, 0.05) is 5.56 Å². The molecule has 27 heavy (non-hydrogen) atoms. The van der Waals surface area contributed by atoms with Crippen molar-refractivity contribution in [2.75, 3.05) is 5.32 Å². The molecule has 3 rings (SSSR count). The van der Waals surface area contributed by atoms with Crippen LogP contribution in [-0.2, 0) is 10.8 Å². The van der Waals surface area contributed by atoms with Crippen molar-refractivity contribution in [1.82, 2.24) is 0 Å². The van der Waals surface area contributed by atoms with Crippen molar-refractivity contribution in [3.8, 4) is 5.75 Å². The molecule has 1 aliphatic rings. The lowest BCUT2D eigenvalue weighted by atomic mass is 9.63. The van der Waals surface area contributed by atoms with Crippen LogP contribution in [0.2, 0.25) is 0 Å². The molecule has 3 N–H and O–H groups in total. The number of hydrogen-bond donors (Lipinski definition) is 3. The molecule has 5 nitrogen and oxygen atoms in total. The number of anilines is 1. The van der Waals surface area contributed by atoms with Crippen molar-refractivity contribution < 1.29 is 19.8 Å². The number of carbonyl (C=O) groups is 2. The van der Waals surface area contributed by atoms with Gasteiger partial charge in [-0.3, -0.25) is 4.79 Å². The number of fused-ring (bicyclic) bond motifs is 1. The molecular weight excluding hydrogens is 342 g/mol. The minimum absolute atomic E-state index is 0.0302. The predicted molar refractivity (Wildman–Crippen MR) is 105 cm³/mol. The van der Waals surface area contributed by atoms with Crippen molar-refractivity contribution >= 4 is 17.6 Å². The molecule has 0 saturated heterocycles. The van der Waals surface area contributed by atoms with Gasteiger partial charge in [0.15, 0.2) is 0 Å². The number of nitrogens with one attached hydrogen (secondary N) is 1. The molecule has 2 aromatic carbocycles. The second-order valence-electron chi connectivity index (χ2n) is 8.52. The Balaban J connectivity index is 1.94. The maximum Gasteiger partial charge on any atom is 0.335 e. The van der Waals surface area contributed by atoms with Crippen LogP contribution in [0.3, 0.4) is 0 Å². The van der Waals surface area contributed by atoms with Gasteiger partial charge >= 0.3 is 5.97 Å². The zero-order valence-corrected chi connectivity index (χ0v) is 16.1. The highest BCUT2D eigenvalue weighted by Crippen LogP contribution is 2.48. The number of carbonyl (C=O) groups excluding carboxylic acids is 1. The van der Waals surface area contributed by atoms with Crippen molar-refractivity contribution in [2.45, 2.75) is 51.4 Å². The average molecular weight is 367 g/mol. The lowest BCUT2D eigenvalue weighted by Gasteiger charge is -2.42.